The maximum Gasteiger partial charge on any atom is 0.130 e. The van der Waals surface area contributed by atoms with E-state index in [0.717, 1.165) is 35.5 Å². The van der Waals surface area contributed by atoms with Gasteiger partial charge in [0.2, 0.25) is 0 Å². The first-order valence-electron chi connectivity index (χ1n) is 6.57. The van der Waals surface area contributed by atoms with Crippen LogP contribution in [0, 0.1) is 6.92 Å². The molecule has 4 nitrogen and oxygen atoms in total. The number of hydrogen-bond acceptors (Lipinski definition) is 3. The largest absolute Gasteiger partial charge is 0.487 e. The fourth-order valence-corrected chi connectivity index (χ4v) is 2.10. The molecule has 2 aromatic rings. The summed E-state index contributed by atoms with van der Waals surface area (Å²) in [7, 11) is 0. The van der Waals surface area contributed by atoms with Crippen LogP contribution in [0.25, 0.3) is 0 Å². The molecular formula is C15H20N2O2. The van der Waals surface area contributed by atoms with Gasteiger partial charge in [-0.2, -0.15) is 0 Å². The molecule has 0 saturated heterocycles. The number of imidazole rings is 1. The lowest BCUT2D eigenvalue weighted by molar-refractivity contribution is 0.254. The highest BCUT2D eigenvalue weighted by Gasteiger charge is 2.08. The predicted octanol–water partition coefficient (Wildman–Crippen LogP) is 2.67. The zero-order chi connectivity index (χ0) is 13.7. The third-order valence-electron chi connectivity index (χ3n) is 3.09. The van der Waals surface area contributed by atoms with Gasteiger partial charge < -0.3 is 14.4 Å². The summed E-state index contributed by atoms with van der Waals surface area (Å²) in [5, 5.41) is 9.34. The Labute approximate surface area is 113 Å². The van der Waals surface area contributed by atoms with Crippen molar-refractivity contribution in [1.82, 2.24) is 9.55 Å². The highest BCUT2D eigenvalue weighted by atomic mass is 16.5. The van der Waals surface area contributed by atoms with E-state index in [9.17, 15) is 5.11 Å². The molecule has 0 saturated carbocycles. The minimum atomic E-state index is -0.00870. The molecule has 0 bridgehead atoms. The average Bonchev–Trinajstić information content (AvgIpc) is 2.85. The number of aliphatic hydroxyl groups excluding tert-OH is 1. The van der Waals surface area contributed by atoms with Crippen molar-refractivity contribution in [2.24, 2.45) is 0 Å². The first-order valence-corrected chi connectivity index (χ1v) is 6.57. The van der Waals surface area contributed by atoms with Gasteiger partial charge in [0.25, 0.3) is 0 Å². The highest BCUT2D eigenvalue weighted by Crippen LogP contribution is 2.24. The van der Waals surface area contributed by atoms with E-state index in [2.05, 4.69) is 16.5 Å². The van der Waals surface area contributed by atoms with Gasteiger partial charge in [-0.05, 0) is 18.9 Å². The highest BCUT2D eigenvalue weighted by molar-refractivity contribution is 5.40. The Morgan fingerprint density at radius 1 is 1.37 bits per heavy atom. The molecule has 0 aliphatic carbocycles. The Hall–Kier alpha value is -1.81. The van der Waals surface area contributed by atoms with E-state index in [1.165, 1.54) is 0 Å². The van der Waals surface area contributed by atoms with Gasteiger partial charge in [-0.1, -0.05) is 25.1 Å². The molecule has 1 aromatic heterocycles. The van der Waals surface area contributed by atoms with Crippen molar-refractivity contribution in [3.05, 3.63) is 47.5 Å². The van der Waals surface area contributed by atoms with Crippen LogP contribution in [0.3, 0.4) is 0 Å². The smallest absolute Gasteiger partial charge is 0.130 e. The van der Waals surface area contributed by atoms with Gasteiger partial charge in [0, 0.05) is 12.1 Å². The van der Waals surface area contributed by atoms with Crippen LogP contribution in [0.4, 0.5) is 0 Å². The lowest BCUT2D eigenvalue weighted by Gasteiger charge is -2.13. The molecule has 0 spiro atoms. The molecule has 4 heteroatoms. The summed E-state index contributed by atoms with van der Waals surface area (Å²) in [6, 6.07) is 5.79. The average molecular weight is 260 g/mol. The number of ether oxygens (including phenoxy) is 1. The van der Waals surface area contributed by atoms with Crippen molar-refractivity contribution in [3.63, 3.8) is 0 Å². The Kier molecular flexibility index (Phi) is 4.58. The molecule has 0 aliphatic rings. The Morgan fingerprint density at radius 2 is 2.21 bits per heavy atom. The summed E-state index contributed by atoms with van der Waals surface area (Å²) in [6.45, 7) is 5.52. The number of nitrogens with zero attached hydrogens (tertiary/aromatic N) is 2. The summed E-state index contributed by atoms with van der Waals surface area (Å²) in [4.78, 5) is 4.15. The van der Waals surface area contributed by atoms with Crippen LogP contribution in [-0.2, 0) is 19.8 Å². The number of aromatic nitrogens is 2. The monoisotopic (exact) mass is 260 g/mol. The van der Waals surface area contributed by atoms with Crippen LogP contribution >= 0.6 is 0 Å². The molecule has 0 fully saturated rings. The fraction of sp³-hybridized carbons (Fsp3) is 0.400. The van der Waals surface area contributed by atoms with Gasteiger partial charge in [-0.3, -0.25) is 0 Å². The zero-order valence-corrected chi connectivity index (χ0v) is 11.5. The molecule has 0 unspecified atom stereocenters. The minimum absolute atomic E-state index is 0.00870. The van der Waals surface area contributed by atoms with Crippen LogP contribution in [0.15, 0.2) is 30.7 Å². The first kappa shape index (κ1) is 13.6. The molecule has 0 amide bonds. The van der Waals surface area contributed by atoms with E-state index in [-0.39, 0.29) is 6.61 Å². The maximum atomic E-state index is 9.34. The number of rotatable bonds is 6. The van der Waals surface area contributed by atoms with Gasteiger partial charge >= 0.3 is 0 Å². The van der Waals surface area contributed by atoms with Gasteiger partial charge in [-0.15, -0.1) is 0 Å². The standard InChI is InChI=1S/C15H20N2O2/c1-3-7-17-11-16-8-14(17)10-19-15-12(2)5-4-6-13(15)9-18/h4-6,8,11,18H,3,7,9-10H2,1-2H3. The fourth-order valence-electron chi connectivity index (χ4n) is 2.10. The van der Waals surface area contributed by atoms with E-state index in [4.69, 9.17) is 4.74 Å². The second kappa shape index (κ2) is 6.38. The van der Waals surface area contributed by atoms with Gasteiger partial charge in [-0.25, -0.2) is 4.98 Å². The van der Waals surface area contributed by atoms with Gasteiger partial charge in [0.05, 0.1) is 24.8 Å². The summed E-state index contributed by atoms with van der Waals surface area (Å²) in [5.74, 6) is 0.772. The van der Waals surface area contributed by atoms with Crippen molar-refractivity contribution in [2.45, 2.75) is 40.0 Å². The van der Waals surface area contributed by atoms with Crippen LogP contribution < -0.4 is 4.74 Å². The van der Waals surface area contributed by atoms with Crippen LogP contribution in [0.5, 0.6) is 5.75 Å². The summed E-state index contributed by atoms with van der Waals surface area (Å²) in [5.41, 5.74) is 2.91. The quantitative estimate of drug-likeness (QED) is 0.868. The third-order valence-corrected chi connectivity index (χ3v) is 3.09. The summed E-state index contributed by atoms with van der Waals surface area (Å²) in [6.07, 6.45) is 4.72. The second-order valence-corrected chi connectivity index (χ2v) is 4.59. The minimum Gasteiger partial charge on any atom is -0.487 e. The van der Waals surface area contributed by atoms with E-state index < -0.39 is 0 Å². The molecule has 1 aromatic carbocycles. The van der Waals surface area contributed by atoms with E-state index in [0.29, 0.717) is 6.61 Å². The molecule has 102 valence electrons. The number of aryl methyl sites for hydroxylation is 2. The predicted molar refractivity (Wildman–Crippen MR) is 74.0 cm³/mol. The Balaban J connectivity index is 2.12. The van der Waals surface area contributed by atoms with Crippen molar-refractivity contribution >= 4 is 0 Å². The lowest BCUT2D eigenvalue weighted by atomic mass is 10.1. The summed E-state index contributed by atoms with van der Waals surface area (Å²) >= 11 is 0. The maximum absolute atomic E-state index is 9.34. The van der Waals surface area contributed by atoms with Crippen LogP contribution in [0.1, 0.15) is 30.2 Å². The van der Waals surface area contributed by atoms with Crippen LogP contribution in [0.2, 0.25) is 0 Å². The normalized spacial score (nSPS) is 10.7. The topological polar surface area (TPSA) is 47.3 Å². The molecule has 1 heterocycles. The van der Waals surface area contributed by atoms with E-state index in [1.807, 2.05) is 37.6 Å². The molecule has 0 aliphatic heterocycles. The number of aliphatic hydroxyl groups is 1. The molecule has 1 N–H and O–H groups in total. The first-order chi connectivity index (χ1) is 9.26. The van der Waals surface area contributed by atoms with Gasteiger partial charge in [0.1, 0.15) is 12.4 Å². The lowest BCUT2D eigenvalue weighted by Crippen LogP contribution is -2.06. The SMILES string of the molecule is CCCn1cncc1COc1c(C)cccc1CO. The van der Waals surface area contributed by atoms with E-state index >= 15 is 0 Å². The third kappa shape index (κ3) is 3.15. The van der Waals surface area contributed by atoms with Crippen molar-refractivity contribution < 1.29 is 9.84 Å². The Morgan fingerprint density at radius 3 is 2.95 bits per heavy atom. The molecular weight excluding hydrogens is 240 g/mol. The number of para-hydroxylation sites is 1. The molecule has 2 rings (SSSR count). The molecule has 0 radical (unpaired) electrons. The molecule has 19 heavy (non-hydrogen) atoms. The van der Waals surface area contributed by atoms with E-state index in [1.54, 1.807) is 0 Å². The number of benzene rings is 1. The van der Waals surface area contributed by atoms with Crippen LogP contribution in [-0.4, -0.2) is 14.7 Å². The van der Waals surface area contributed by atoms with Crippen molar-refractivity contribution in [3.8, 4) is 5.75 Å². The van der Waals surface area contributed by atoms with Crippen molar-refractivity contribution in [2.75, 3.05) is 0 Å². The van der Waals surface area contributed by atoms with Gasteiger partial charge in [0.15, 0.2) is 0 Å². The molecule has 0 atom stereocenters. The van der Waals surface area contributed by atoms with Crippen molar-refractivity contribution in [1.29, 1.82) is 0 Å². The summed E-state index contributed by atoms with van der Waals surface area (Å²) < 4.78 is 7.96. The number of hydrogen-bond donors (Lipinski definition) is 1. The zero-order valence-electron chi connectivity index (χ0n) is 11.5. The second-order valence-electron chi connectivity index (χ2n) is 4.59. The Bertz CT molecular complexity index is 535.